The van der Waals surface area contributed by atoms with Gasteiger partial charge in [-0.3, -0.25) is 9.59 Å². The van der Waals surface area contributed by atoms with E-state index in [1.807, 2.05) is 0 Å². The summed E-state index contributed by atoms with van der Waals surface area (Å²) in [6, 6.07) is 4.09. The second-order valence-electron chi connectivity index (χ2n) is 5.32. The standard InChI is InChI=1S/C16H16F3N3O3S/c1-9-12(6-7-23)14(25)22-15(20-9)26-8-13(24)21-11-4-2-10(3-5-11)16(17,18)19/h2-5,23H,6-8H2,1H3,(H,21,24)(H,20,22,25). The number of carbonyl (C=O) groups is 1. The molecule has 0 aliphatic heterocycles. The van der Waals surface area contributed by atoms with Crippen LogP contribution in [0.3, 0.4) is 0 Å². The average molecular weight is 387 g/mol. The van der Waals surface area contributed by atoms with Gasteiger partial charge in [0.1, 0.15) is 0 Å². The number of aromatic amines is 1. The Balaban J connectivity index is 1.96. The molecule has 3 N–H and O–H groups in total. The fraction of sp³-hybridized carbons (Fsp3) is 0.312. The Morgan fingerprint density at radius 2 is 1.96 bits per heavy atom. The third-order valence-corrected chi connectivity index (χ3v) is 4.27. The van der Waals surface area contributed by atoms with E-state index in [1.54, 1.807) is 6.92 Å². The van der Waals surface area contributed by atoms with Gasteiger partial charge in [-0.25, -0.2) is 4.98 Å². The second-order valence-corrected chi connectivity index (χ2v) is 6.28. The highest BCUT2D eigenvalue weighted by Gasteiger charge is 2.29. The number of anilines is 1. The van der Waals surface area contributed by atoms with Crippen molar-refractivity contribution in [2.45, 2.75) is 24.7 Å². The molecule has 0 saturated carbocycles. The average Bonchev–Trinajstić information content (AvgIpc) is 2.56. The molecule has 1 heterocycles. The molecule has 0 unspecified atom stereocenters. The number of aryl methyl sites for hydroxylation is 1. The number of benzene rings is 1. The molecule has 26 heavy (non-hydrogen) atoms. The van der Waals surface area contributed by atoms with Crippen molar-refractivity contribution >= 4 is 23.4 Å². The maximum atomic E-state index is 12.5. The van der Waals surface area contributed by atoms with Crippen LogP contribution in [0.4, 0.5) is 18.9 Å². The van der Waals surface area contributed by atoms with Gasteiger partial charge in [0.15, 0.2) is 5.16 Å². The first-order valence-corrected chi connectivity index (χ1v) is 8.50. The zero-order valence-corrected chi connectivity index (χ0v) is 14.5. The first-order chi connectivity index (χ1) is 12.2. The van der Waals surface area contributed by atoms with E-state index in [1.165, 1.54) is 12.1 Å². The van der Waals surface area contributed by atoms with Crippen molar-refractivity contribution < 1.29 is 23.1 Å². The largest absolute Gasteiger partial charge is 0.416 e. The Bertz CT molecular complexity index is 835. The quantitative estimate of drug-likeness (QED) is 0.523. The Kier molecular flexibility index (Phi) is 6.43. The fourth-order valence-electron chi connectivity index (χ4n) is 2.13. The first-order valence-electron chi connectivity index (χ1n) is 7.51. The lowest BCUT2D eigenvalue weighted by Gasteiger charge is -2.09. The molecular weight excluding hydrogens is 371 g/mol. The minimum atomic E-state index is -4.43. The number of H-pyrrole nitrogens is 1. The number of aromatic nitrogens is 2. The van der Waals surface area contributed by atoms with Crippen molar-refractivity contribution in [3.8, 4) is 0 Å². The molecule has 6 nitrogen and oxygen atoms in total. The molecule has 10 heteroatoms. The Hall–Kier alpha value is -2.33. The molecule has 1 amide bonds. The molecule has 140 valence electrons. The van der Waals surface area contributed by atoms with E-state index >= 15 is 0 Å². The topological polar surface area (TPSA) is 95.1 Å². The smallest absolute Gasteiger partial charge is 0.396 e. The van der Waals surface area contributed by atoms with Gasteiger partial charge in [0, 0.05) is 30.0 Å². The van der Waals surface area contributed by atoms with Gasteiger partial charge in [-0.15, -0.1) is 0 Å². The lowest BCUT2D eigenvalue weighted by molar-refractivity contribution is -0.137. The summed E-state index contributed by atoms with van der Waals surface area (Å²) in [5.41, 5.74) is -0.0960. The fourth-order valence-corrected chi connectivity index (χ4v) is 2.84. The maximum Gasteiger partial charge on any atom is 0.416 e. The van der Waals surface area contributed by atoms with Gasteiger partial charge in [-0.1, -0.05) is 11.8 Å². The Morgan fingerprint density at radius 1 is 1.31 bits per heavy atom. The molecule has 0 saturated heterocycles. The number of halogens is 3. The third-order valence-electron chi connectivity index (χ3n) is 3.40. The zero-order valence-electron chi connectivity index (χ0n) is 13.7. The Morgan fingerprint density at radius 3 is 2.50 bits per heavy atom. The Labute approximate surface area is 150 Å². The predicted molar refractivity (Wildman–Crippen MR) is 91.2 cm³/mol. The molecule has 0 aliphatic rings. The van der Waals surface area contributed by atoms with Crippen LogP contribution >= 0.6 is 11.8 Å². The molecule has 2 aromatic rings. The van der Waals surface area contributed by atoms with E-state index < -0.39 is 17.6 Å². The van der Waals surface area contributed by atoms with Crippen LogP contribution in [0, 0.1) is 6.92 Å². The summed E-state index contributed by atoms with van der Waals surface area (Å²) < 4.78 is 37.5. The van der Waals surface area contributed by atoms with E-state index in [0.29, 0.717) is 11.3 Å². The van der Waals surface area contributed by atoms with Crippen LogP contribution in [0.25, 0.3) is 0 Å². The molecule has 2 rings (SSSR count). The van der Waals surface area contributed by atoms with Gasteiger partial charge in [-0.05, 0) is 31.2 Å². The summed E-state index contributed by atoms with van der Waals surface area (Å²) in [6.45, 7) is 1.46. The molecule has 0 fully saturated rings. The van der Waals surface area contributed by atoms with Gasteiger partial charge >= 0.3 is 6.18 Å². The number of nitrogens with one attached hydrogen (secondary N) is 2. The van der Waals surface area contributed by atoms with E-state index in [4.69, 9.17) is 5.11 Å². The molecule has 0 atom stereocenters. The zero-order chi connectivity index (χ0) is 19.3. The van der Waals surface area contributed by atoms with Crippen LogP contribution in [0.2, 0.25) is 0 Å². The lowest BCUT2D eigenvalue weighted by atomic mass is 10.2. The number of nitrogens with zero attached hydrogens (tertiary/aromatic N) is 1. The molecule has 1 aromatic carbocycles. The maximum absolute atomic E-state index is 12.5. The van der Waals surface area contributed by atoms with Crippen molar-refractivity contribution in [1.82, 2.24) is 9.97 Å². The first kappa shape index (κ1) is 20.0. The van der Waals surface area contributed by atoms with Gasteiger partial charge < -0.3 is 15.4 Å². The highest BCUT2D eigenvalue weighted by molar-refractivity contribution is 7.99. The molecule has 1 aromatic heterocycles. The predicted octanol–water partition coefficient (Wildman–Crippen LogP) is 2.36. The summed E-state index contributed by atoms with van der Waals surface area (Å²) in [5.74, 6) is -0.530. The van der Waals surface area contributed by atoms with Crippen LogP contribution in [0.5, 0.6) is 0 Å². The van der Waals surface area contributed by atoms with Crippen molar-refractivity contribution in [3.05, 3.63) is 51.4 Å². The number of alkyl halides is 3. The lowest BCUT2D eigenvalue weighted by Crippen LogP contribution is -2.19. The second kappa shape index (κ2) is 8.37. The number of amides is 1. The monoisotopic (exact) mass is 387 g/mol. The molecule has 0 aliphatic carbocycles. The minimum absolute atomic E-state index is 0.0806. The summed E-state index contributed by atoms with van der Waals surface area (Å²) in [5, 5.41) is 11.6. The number of hydrogen-bond acceptors (Lipinski definition) is 5. The summed E-state index contributed by atoms with van der Waals surface area (Å²) in [4.78, 5) is 30.5. The number of hydrogen-bond donors (Lipinski definition) is 3. The number of aliphatic hydroxyl groups is 1. The highest BCUT2D eigenvalue weighted by Crippen LogP contribution is 2.29. The summed E-state index contributed by atoms with van der Waals surface area (Å²) >= 11 is 0.989. The SMILES string of the molecule is Cc1nc(SCC(=O)Nc2ccc(C(F)(F)F)cc2)[nH]c(=O)c1CCO. The summed E-state index contributed by atoms with van der Waals surface area (Å²) in [6.07, 6.45) is -4.25. The normalized spacial score (nSPS) is 11.4. The van der Waals surface area contributed by atoms with Crippen LogP contribution < -0.4 is 10.9 Å². The minimum Gasteiger partial charge on any atom is -0.396 e. The third kappa shape index (κ3) is 5.33. The number of rotatable bonds is 6. The van der Waals surface area contributed by atoms with Gasteiger partial charge in [0.05, 0.1) is 11.3 Å². The molecule has 0 bridgehead atoms. The van der Waals surface area contributed by atoms with Crippen LogP contribution in [0.1, 0.15) is 16.8 Å². The van der Waals surface area contributed by atoms with E-state index in [0.717, 1.165) is 23.9 Å². The number of aliphatic hydroxyl groups excluding tert-OH is 1. The molecule has 0 spiro atoms. The molecular formula is C16H16F3N3O3S. The van der Waals surface area contributed by atoms with E-state index in [-0.39, 0.29) is 35.2 Å². The van der Waals surface area contributed by atoms with Crippen molar-refractivity contribution in [2.24, 2.45) is 0 Å². The number of carbonyl (C=O) groups excluding carboxylic acids is 1. The number of thioether (sulfide) groups is 1. The summed E-state index contributed by atoms with van der Waals surface area (Å²) in [7, 11) is 0. The van der Waals surface area contributed by atoms with Crippen LogP contribution in [0.15, 0.2) is 34.2 Å². The van der Waals surface area contributed by atoms with Gasteiger partial charge in [-0.2, -0.15) is 13.2 Å². The highest BCUT2D eigenvalue weighted by atomic mass is 32.2. The van der Waals surface area contributed by atoms with Crippen LogP contribution in [-0.2, 0) is 17.4 Å². The van der Waals surface area contributed by atoms with E-state index in [2.05, 4.69) is 15.3 Å². The van der Waals surface area contributed by atoms with Gasteiger partial charge in [0.25, 0.3) is 5.56 Å². The van der Waals surface area contributed by atoms with Crippen LogP contribution in [-0.4, -0.2) is 33.3 Å². The van der Waals surface area contributed by atoms with E-state index in [9.17, 15) is 22.8 Å². The molecule has 0 radical (unpaired) electrons. The van der Waals surface area contributed by atoms with Crippen molar-refractivity contribution in [3.63, 3.8) is 0 Å². The van der Waals surface area contributed by atoms with Crippen molar-refractivity contribution in [1.29, 1.82) is 0 Å². The van der Waals surface area contributed by atoms with Crippen molar-refractivity contribution in [2.75, 3.05) is 17.7 Å². The van der Waals surface area contributed by atoms with Gasteiger partial charge in [0.2, 0.25) is 5.91 Å².